The Kier molecular flexibility index (Phi) is 3.47. The number of rotatable bonds is 4. The summed E-state index contributed by atoms with van der Waals surface area (Å²) in [6.07, 6.45) is 0. The number of hydrogen-bond donors (Lipinski definition) is 4. The molecular formula is C7H10N4O3S. The second-order valence-corrected chi connectivity index (χ2v) is 3.98. The van der Waals surface area contributed by atoms with E-state index < -0.39 is 16.2 Å². The molecular weight excluding hydrogens is 220 g/mol. The summed E-state index contributed by atoms with van der Waals surface area (Å²) < 4.78 is 24.6. The van der Waals surface area contributed by atoms with Crippen LogP contribution in [0.1, 0.15) is 0 Å². The molecule has 2 amide bonds. The number of nitrogens with two attached hydrogens (primary N) is 1. The SMILES string of the molecule is NC(=O)NNS(=O)(=O)Nc1ccccc1. The van der Waals surface area contributed by atoms with Crippen LogP contribution in [-0.2, 0) is 10.2 Å². The number of primary amides is 1. The van der Waals surface area contributed by atoms with Gasteiger partial charge >= 0.3 is 16.2 Å². The van der Waals surface area contributed by atoms with Crippen molar-refractivity contribution < 1.29 is 13.2 Å². The molecule has 8 heteroatoms. The lowest BCUT2D eigenvalue weighted by Crippen LogP contribution is -2.46. The highest BCUT2D eigenvalue weighted by atomic mass is 32.2. The van der Waals surface area contributed by atoms with E-state index in [0.29, 0.717) is 5.69 Å². The van der Waals surface area contributed by atoms with Gasteiger partial charge in [0.2, 0.25) is 0 Å². The van der Waals surface area contributed by atoms with E-state index >= 15 is 0 Å². The Morgan fingerprint density at radius 3 is 2.33 bits per heavy atom. The Balaban J connectivity index is 2.61. The van der Waals surface area contributed by atoms with Crippen LogP contribution in [-0.4, -0.2) is 14.4 Å². The van der Waals surface area contributed by atoms with Crippen molar-refractivity contribution in [1.29, 1.82) is 0 Å². The zero-order valence-electron chi connectivity index (χ0n) is 7.60. The lowest BCUT2D eigenvalue weighted by atomic mass is 10.3. The Morgan fingerprint density at radius 1 is 1.20 bits per heavy atom. The van der Waals surface area contributed by atoms with Gasteiger partial charge in [-0.05, 0) is 12.1 Å². The van der Waals surface area contributed by atoms with Crippen molar-refractivity contribution in [1.82, 2.24) is 10.3 Å². The molecule has 0 bridgehead atoms. The third kappa shape index (κ3) is 4.29. The van der Waals surface area contributed by atoms with Crippen LogP contribution in [0.15, 0.2) is 30.3 Å². The van der Waals surface area contributed by atoms with Gasteiger partial charge in [-0.1, -0.05) is 18.2 Å². The Hall–Kier alpha value is -1.80. The third-order valence-corrected chi connectivity index (χ3v) is 2.21. The summed E-state index contributed by atoms with van der Waals surface area (Å²) in [5, 5.41) is 0. The minimum atomic E-state index is -3.84. The second-order valence-electron chi connectivity index (χ2n) is 2.56. The molecule has 0 aliphatic carbocycles. The molecule has 0 saturated carbocycles. The average Bonchev–Trinajstić information content (AvgIpc) is 2.16. The van der Waals surface area contributed by atoms with Gasteiger partial charge in [0.05, 0.1) is 0 Å². The number of hydrogen-bond acceptors (Lipinski definition) is 3. The molecule has 0 aromatic heterocycles. The molecule has 0 atom stereocenters. The normalized spacial score (nSPS) is 10.7. The van der Waals surface area contributed by atoms with Crippen molar-refractivity contribution in [3.63, 3.8) is 0 Å². The highest BCUT2D eigenvalue weighted by molar-refractivity contribution is 7.90. The first-order valence-electron chi connectivity index (χ1n) is 3.90. The molecule has 5 N–H and O–H groups in total. The summed E-state index contributed by atoms with van der Waals surface area (Å²) in [6, 6.07) is 7.20. The first-order valence-corrected chi connectivity index (χ1v) is 5.38. The van der Waals surface area contributed by atoms with Gasteiger partial charge in [-0.15, -0.1) is 4.83 Å². The molecule has 0 aliphatic rings. The molecule has 0 spiro atoms. The van der Waals surface area contributed by atoms with E-state index in [0.717, 1.165) is 0 Å². The summed E-state index contributed by atoms with van der Waals surface area (Å²) in [5.41, 5.74) is 6.80. The molecule has 0 unspecified atom stereocenters. The van der Waals surface area contributed by atoms with Crippen LogP contribution >= 0.6 is 0 Å². The molecule has 0 heterocycles. The van der Waals surface area contributed by atoms with Gasteiger partial charge in [-0.3, -0.25) is 10.1 Å². The number of anilines is 1. The molecule has 15 heavy (non-hydrogen) atoms. The fourth-order valence-electron chi connectivity index (χ4n) is 0.804. The van der Waals surface area contributed by atoms with E-state index in [1.807, 2.05) is 0 Å². The van der Waals surface area contributed by atoms with Gasteiger partial charge in [-0.2, -0.15) is 8.42 Å². The highest BCUT2D eigenvalue weighted by Gasteiger charge is 2.08. The fraction of sp³-hybridized carbons (Fsp3) is 0. The number of carbonyl (C=O) groups excluding carboxylic acids is 1. The van der Waals surface area contributed by atoms with Crippen LogP contribution in [0.3, 0.4) is 0 Å². The van der Waals surface area contributed by atoms with Gasteiger partial charge in [0.15, 0.2) is 0 Å². The maximum Gasteiger partial charge on any atom is 0.327 e. The van der Waals surface area contributed by atoms with Gasteiger partial charge in [0.25, 0.3) is 0 Å². The summed E-state index contributed by atoms with van der Waals surface area (Å²) in [5.74, 6) is 0. The molecule has 1 aromatic carbocycles. The van der Waals surface area contributed by atoms with Crippen molar-refractivity contribution >= 4 is 21.9 Å². The standard InChI is InChI=1S/C7H10N4O3S/c8-7(12)9-11-15(13,14)10-6-4-2-1-3-5-6/h1-5,10-11H,(H3,8,9,12). The van der Waals surface area contributed by atoms with Crippen molar-refractivity contribution in [2.75, 3.05) is 4.72 Å². The van der Waals surface area contributed by atoms with E-state index in [1.54, 1.807) is 40.6 Å². The lowest BCUT2D eigenvalue weighted by molar-refractivity contribution is 0.247. The number of carbonyl (C=O) groups is 1. The number of amides is 2. The number of para-hydroxylation sites is 1. The largest absolute Gasteiger partial charge is 0.351 e. The van der Waals surface area contributed by atoms with E-state index in [-0.39, 0.29) is 0 Å². The van der Waals surface area contributed by atoms with Gasteiger partial charge in [0, 0.05) is 5.69 Å². The molecule has 0 aliphatic heterocycles. The van der Waals surface area contributed by atoms with E-state index in [1.165, 1.54) is 0 Å². The zero-order valence-corrected chi connectivity index (χ0v) is 8.41. The zero-order chi connectivity index (χ0) is 11.3. The first-order chi connectivity index (χ1) is 6.99. The molecule has 0 saturated heterocycles. The molecule has 7 nitrogen and oxygen atoms in total. The van der Waals surface area contributed by atoms with Crippen LogP contribution in [0.2, 0.25) is 0 Å². The quantitative estimate of drug-likeness (QED) is 0.523. The first kappa shape index (κ1) is 11.3. The summed E-state index contributed by atoms with van der Waals surface area (Å²) in [7, 11) is -3.84. The predicted molar refractivity (Wildman–Crippen MR) is 54.8 cm³/mol. The summed E-state index contributed by atoms with van der Waals surface area (Å²) >= 11 is 0. The molecule has 0 fully saturated rings. The van der Waals surface area contributed by atoms with E-state index in [4.69, 9.17) is 0 Å². The molecule has 0 radical (unpaired) electrons. The van der Waals surface area contributed by atoms with Crippen LogP contribution in [0.5, 0.6) is 0 Å². The highest BCUT2D eigenvalue weighted by Crippen LogP contribution is 2.05. The Morgan fingerprint density at radius 2 is 1.80 bits per heavy atom. The monoisotopic (exact) mass is 230 g/mol. The van der Waals surface area contributed by atoms with Crippen molar-refractivity contribution in [2.45, 2.75) is 0 Å². The average molecular weight is 230 g/mol. The summed E-state index contributed by atoms with van der Waals surface area (Å²) in [6.45, 7) is 0. The van der Waals surface area contributed by atoms with Crippen LogP contribution in [0.25, 0.3) is 0 Å². The minimum absolute atomic E-state index is 0.372. The number of urea groups is 1. The van der Waals surface area contributed by atoms with Crippen LogP contribution < -0.4 is 20.7 Å². The molecule has 82 valence electrons. The van der Waals surface area contributed by atoms with Gasteiger partial charge in [-0.25, -0.2) is 4.79 Å². The van der Waals surface area contributed by atoms with Gasteiger partial charge in [0.1, 0.15) is 0 Å². The Labute approximate surface area is 86.8 Å². The number of nitrogens with one attached hydrogen (secondary N) is 3. The minimum Gasteiger partial charge on any atom is -0.351 e. The molecule has 1 rings (SSSR count). The smallest absolute Gasteiger partial charge is 0.327 e. The molecule has 1 aromatic rings. The predicted octanol–water partition coefficient (Wildman–Crippen LogP) is -0.484. The summed E-state index contributed by atoms with van der Waals surface area (Å²) in [4.78, 5) is 12.0. The van der Waals surface area contributed by atoms with Gasteiger partial charge < -0.3 is 5.73 Å². The lowest BCUT2D eigenvalue weighted by Gasteiger charge is -2.08. The van der Waals surface area contributed by atoms with Crippen molar-refractivity contribution in [3.8, 4) is 0 Å². The van der Waals surface area contributed by atoms with E-state index in [2.05, 4.69) is 10.5 Å². The van der Waals surface area contributed by atoms with Crippen molar-refractivity contribution in [3.05, 3.63) is 30.3 Å². The Bertz CT molecular complexity index is 431. The topological polar surface area (TPSA) is 113 Å². The van der Waals surface area contributed by atoms with Crippen LogP contribution in [0, 0.1) is 0 Å². The third-order valence-electron chi connectivity index (χ3n) is 1.33. The second kappa shape index (κ2) is 4.62. The number of hydrazine groups is 1. The maximum absolute atomic E-state index is 11.2. The van der Waals surface area contributed by atoms with Crippen LogP contribution in [0.4, 0.5) is 10.5 Å². The van der Waals surface area contributed by atoms with Crippen molar-refractivity contribution in [2.24, 2.45) is 5.73 Å². The maximum atomic E-state index is 11.2. The fourth-order valence-corrected chi connectivity index (χ4v) is 1.54. The number of benzene rings is 1. The van der Waals surface area contributed by atoms with E-state index in [9.17, 15) is 13.2 Å².